The van der Waals surface area contributed by atoms with Crippen LogP contribution in [0.3, 0.4) is 0 Å². The number of amides is 1. The molecule has 0 aliphatic carbocycles. The van der Waals surface area contributed by atoms with Crippen molar-refractivity contribution in [3.05, 3.63) is 65.5 Å². The Morgan fingerprint density at radius 1 is 1.03 bits per heavy atom. The second-order valence-electron chi connectivity index (χ2n) is 8.18. The molecule has 1 aliphatic rings. The smallest absolute Gasteiger partial charge is 0.338 e. The average Bonchev–Trinajstić information content (AvgIpc) is 3.20. The minimum Gasteiger partial charge on any atom is -0.459 e. The van der Waals surface area contributed by atoms with Gasteiger partial charge in [0, 0.05) is 36.5 Å². The number of alkyl halides is 1. The normalized spacial score (nSPS) is 16.4. The van der Waals surface area contributed by atoms with Crippen LogP contribution in [0.15, 0.2) is 48.5 Å². The van der Waals surface area contributed by atoms with Crippen LogP contribution in [0.5, 0.6) is 0 Å². The number of Topliss-reactive ketones (excluding diaryl/α,β-unsaturated/α-hetero) is 1. The van der Waals surface area contributed by atoms with Gasteiger partial charge in [0.25, 0.3) is 0 Å². The Bertz CT molecular complexity index is 1050. The third-order valence-corrected chi connectivity index (χ3v) is 5.48. The summed E-state index contributed by atoms with van der Waals surface area (Å²) in [6.45, 7) is 3.57. The van der Waals surface area contributed by atoms with E-state index in [9.17, 15) is 23.6 Å². The van der Waals surface area contributed by atoms with Crippen LogP contribution in [-0.4, -0.2) is 48.3 Å². The second-order valence-corrected chi connectivity index (χ2v) is 8.56. The Kier molecular flexibility index (Phi) is 8.39. The van der Waals surface area contributed by atoms with Gasteiger partial charge in [0.2, 0.25) is 11.7 Å². The maximum absolute atomic E-state index is 13.2. The fraction of sp³-hybridized carbons (Fsp3) is 0.360. The van der Waals surface area contributed by atoms with Gasteiger partial charge in [0.05, 0.1) is 17.6 Å². The number of esters is 2. The minimum atomic E-state index is -1.13. The number of rotatable bonds is 9. The van der Waals surface area contributed by atoms with Gasteiger partial charge in [-0.3, -0.25) is 14.4 Å². The minimum absolute atomic E-state index is 0.0751. The third kappa shape index (κ3) is 6.20. The lowest BCUT2D eigenvalue weighted by Crippen LogP contribution is -2.32. The van der Waals surface area contributed by atoms with E-state index in [0.29, 0.717) is 11.3 Å². The van der Waals surface area contributed by atoms with E-state index in [0.717, 1.165) is 12.1 Å². The molecule has 180 valence electrons. The van der Waals surface area contributed by atoms with Crippen molar-refractivity contribution in [2.45, 2.75) is 38.9 Å². The summed E-state index contributed by atoms with van der Waals surface area (Å²) in [6.07, 6.45) is -1.38. The molecule has 0 saturated carbocycles. The van der Waals surface area contributed by atoms with Crippen LogP contribution in [0.4, 0.5) is 10.1 Å². The predicted octanol–water partition coefficient (Wildman–Crippen LogP) is 4.17. The zero-order chi connectivity index (χ0) is 24.8. The highest BCUT2D eigenvalue weighted by atomic mass is 35.5. The Morgan fingerprint density at radius 3 is 2.24 bits per heavy atom. The van der Waals surface area contributed by atoms with Crippen LogP contribution in [0.25, 0.3) is 0 Å². The first-order valence-corrected chi connectivity index (χ1v) is 11.4. The topological polar surface area (TPSA) is 90.0 Å². The number of anilines is 1. The largest absolute Gasteiger partial charge is 0.459 e. The van der Waals surface area contributed by atoms with Crippen LogP contribution in [0, 0.1) is 11.7 Å². The zero-order valence-corrected chi connectivity index (χ0v) is 19.6. The molecular weight excluding hydrogens is 465 g/mol. The number of benzene rings is 2. The van der Waals surface area contributed by atoms with Gasteiger partial charge in [0.15, 0.2) is 6.10 Å². The standard InChI is InChI=1S/C25H25ClFNO6/c1-15(2)33-24(31)17-5-9-20(10-6-17)28-14-18(13-22(28)29)25(32)34-21(11-12-26)23(30)16-3-7-19(27)8-4-16/h3-10,15,18,21H,11-14H2,1-2H3/t18-,21+/m0/s1. The molecule has 1 saturated heterocycles. The Labute approximate surface area is 201 Å². The van der Waals surface area contributed by atoms with E-state index >= 15 is 0 Å². The van der Waals surface area contributed by atoms with Crippen LogP contribution < -0.4 is 4.90 Å². The van der Waals surface area contributed by atoms with Crippen LogP contribution in [0.2, 0.25) is 0 Å². The highest BCUT2D eigenvalue weighted by Crippen LogP contribution is 2.27. The fourth-order valence-corrected chi connectivity index (χ4v) is 3.75. The van der Waals surface area contributed by atoms with E-state index in [-0.39, 0.29) is 42.8 Å². The quantitative estimate of drug-likeness (QED) is 0.298. The number of carbonyl (C=O) groups excluding carboxylic acids is 4. The van der Waals surface area contributed by atoms with Gasteiger partial charge in [-0.05, 0) is 62.4 Å². The van der Waals surface area contributed by atoms with Crippen molar-refractivity contribution in [2.75, 3.05) is 17.3 Å². The molecule has 0 bridgehead atoms. The van der Waals surface area contributed by atoms with E-state index < -0.39 is 35.6 Å². The second kappa shape index (κ2) is 11.2. The Balaban J connectivity index is 1.65. The summed E-state index contributed by atoms with van der Waals surface area (Å²) in [6, 6.07) is 11.2. The van der Waals surface area contributed by atoms with Gasteiger partial charge < -0.3 is 14.4 Å². The molecule has 2 atom stereocenters. The molecule has 2 aromatic carbocycles. The zero-order valence-electron chi connectivity index (χ0n) is 18.8. The molecule has 34 heavy (non-hydrogen) atoms. The molecule has 1 aliphatic heterocycles. The number of hydrogen-bond donors (Lipinski definition) is 0. The highest BCUT2D eigenvalue weighted by molar-refractivity contribution is 6.18. The van der Waals surface area contributed by atoms with E-state index in [1.165, 1.54) is 17.0 Å². The van der Waals surface area contributed by atoms with Crippen molar-refractivity contribution in [1.29, 1.82) is 0 Å². The van der Waals surface area contributed by atoms with Gasteiger partial charge in [-0.2, -0.15) is 0 Å². The number of carbonyl (C=O) groups is 4. The van der Waals surface area contributed by atoms with E-state index in [4.69, 9.17) is 21.1 Å². The maximum Gasteiger partial charge on any atom is 0.338 e. The Morgan fingerprint density at radius 2 is 1.65 bits per heavy atom. The summed E-state index contributed by atoms with van der Waals surface area (Å²) in [7, 11) is 0. The molecular formula is C25H25ClFNO6. The number of ether oxygens (including phenoxy) is 2. The lowest BCUT2D eigenvalue weighted by atomic mass is 10.0. The average molecular weight is 490 g/mol. The van der Waals surface area contributed by atoms with Crippen molar-refractivity contribution in [1.82, 2.24) is 0 Å². The van der Waals surface area contributed by atoms with Crippen molar-refractivity contribution < 1.29 is 33.0 Å². The highest BCUT2D eigenvalue weighted by Gasteiger charge is 2.38. The summed E-state index contributed by atoms with van der Waals surface area (Å²) >= 11 is 5.79. The van der Waals surface area contributed by atoms with Crippen LogP contribution >= 0.6 is 11.6 Å². The van der Waals surface area contributed by atoms with Crippen LogP contribution in [0.1, 0.15) is 47.4 Å². The van der Waals surface area contributed by atoms with Crippen LogP contribution in [-0.2, 0) is 19.1 Å². The molecule has 3 rings (SSSR count). The molecule has 0 spiro atoms. The van der Waals surface area contributed by atoms with Gasteiger partial charge in [0.1, 0.15) is 5.82 Å². The maximum atomic E-state index is 13.2. The van der Waals surface area contributed by atoms with E-state index in [1.807, 2.05) is 0 Å². The van der Waals surface area contributed by atoms with E-state index in [2.05, 4.69) is 0 Å². The van der Waals surface area contributed by atoms with Gasteiger partial charge in [-0.15, -0.1) is 11.6 Å². The summed E-state index contributed by atoms with van der Waals surface area (Å²) in [5, 5.41) is 0. The summed E-state index contributed by atoms with van der Waals surface area (Å²) in [4.78, 5) is 51.5. The number of halogens is 2. The number of nitrogens with zero attached hydrogens (tertiary/aromatic N) is 1. The SMILES string of the molecule is CC(C)OC(=O)c1ccc(N2C[C@@H](C(=O)O[C@H](CCCl)C(=O)c3ccc(F)cc3)CC2=O)cc1. The predicted molar refractivity (Wildman–Crippen MR) is 123 cm³/mol. The first-order chi connectivity index (χ1) is 16.2. The van der Waals surface area contributed by atoms with Gasteiger partial charge in [-0.1, -0.05) is 0 Å². The molecule has 0 N–H and O–H groups in total. The van der Waals surface area contributed by atoms with Gasteiger partial charge in [-0.25, -0.2) is 9.18 Å². The lowest BCUT2D eigenvalue weighted by Gasteiger charge is -2.19. The Hall–Kier alpha value is -3.26. The fourth-order valence-electron chi connectivity index (χ4n) is 3.55. The van der Waals surface area contributed by atoms with E-state index in [1.54, 1.807) is 38.1 Å². The molecule has 1 heterocycles. The molecule has 9 heteroatoms. The van der Waals surface area contributed by atoms with Gasteiger partial charge >= 0.3 is 11.9 Å². The molecule has 0 unspecified atom stereocenters. The summed E-state index contributed by atoms with van der Waals surface area (Å²) < 4.78 is 23.7. The first-order valence-electron chi connectivity index (χ1n) is 10.9. The molecule has 2 aromatic rings. The third-order valence-electron chi connectivity index (χ3n) is 5.27. The van der Waals surface area contributed by atoms with Crippen molar-refractivity contribution in [3.63, 3.8) is 0 Å². The molecule has 0 aromatic heterocycles. The number of ketones is 1. The first kappa shape index (κ1) is 25.4. The molecule has 1 fully saturated rings. The lowest BCUT2D eigenvalue weighted by molar-refractivity contribution is -0.151. The molecule has 0 radical (unpaired) electrons. The summed E-state index contributed by atoms with van der Waals surface area (Å²) in [5.41, 5.74) is 1.08. The molecule has 1 amide bonds. The monoisotopic (exact) mass is 489 g/mol. The molecule has 7 nitrogen and oxygen atoms in total. The van der Waals surface area contributed by atoms with Crippen molar-refractivity contribution in [3.8, 4) is 0 Å². The van der Waals surface area contributed by atoms with Crippen molar-refractivity contribution in [2.24, 2.45) is 5.92 Å². The van der Waals surface area contributed by atoms with Crippen molar-refractivity contribution >= 4 is 40.9 Å². The summed E-state index contributed by atoms with van der Waals surface area (Å²) in [5.74, 6) is -3.09. The number of hydrogen-bond acceptors (Lipinski definition) is 6.